The molecule has 2 N–H and O–H groups in total. The number of aromatic nitrogens is 1. The van der Waals surface area contributed by atoms with Gasteiger partial charge in [0.05, 0.1) is 0 Å². The molecule has 2 rings (SSSR count). The number of anilines is 1. The van der Waals surface area contributed by atoms with Gasteiger partial charge in [0.2, 0.25) is 5.91 Å². The fraction of sp³-hybridized carbons (Fsp3) is 0.357. The quantitative estimate of drug-likeness (QED) is 0.866. The van der Waals surface area contributed by atoms with E-state index in [1.807, 2.05) is 51.5 Å². The molecule has 1 unspecified atom stereocenters. The van der Waals surface area contributed by atoms with Crippen LogP contribution in [0.15, 0.2) is 30.5 Å². The molecule has 0 saturated carbocycles. The zero-order valence-corrected chi connectivity index (χ0v) is 11.0. The number of hydrogen-bond donors (Lipinski definition) is 2. The Hall–Kier alpha value is -1.81. The average molecular weight is 245 g/mol. The minimum Gasteiger partial charge on any atom is -0.351 e. The molecule has 0 aliphatic carbocycles. The SMILES string of the molecule is CNC(C)CC(=O)Nc1ccc2c(ccn2C)c1. The summed E-state index contributed by atoms with van der Waals surface area (Å²) in [6.07, 6.45) is 2.49. The molecule has 96 valence electrons. The van der Waals surface area contributed by atoms with Gasteiger partial charge < -0.3 is 15.2 Å². The number of amides is 1. The van der Waals surface area contributed by atoms with Gasteiger partial charge in [-0.05, 0) is 38.2 Å². The Bertz CT molecular complexity index is 559. The first kappa shape index (κ1) is 12.6. The van der Waals surface area contributed by atoms with Crippen molar-refractivity contribution in [1.29, 1.82) is 0 Å². The zero-order chi connectivity index (χ0) is 13.1. The van der Waals surface area contributed by atoms with Gasteiger partial charge in [-0.25, -0.2) is 0 Å². The lowest BCUT2D eigenvalue weighted by Crippen LogP contribution is -2.27. The van der Waals surface area contributed by atoms with Gasteiger partial charge in [-0.1, -0.05) is 0 Å². The molecule has 1 aromatic carbocycles. The molecule has 4 nitrogen and oxygen atoms in total. The van der Waals surface area contributed by atoms with Gasteiger partial charge in [0.25, 0.3) is 0 Å². The van der Waals surface area contributed by atoms with Crippen LogP contribution in [0.25, 0.3) is 10.9 Å². The number of carbonyl (C=O) groups is 1. The number of hydrogen-bond acceptors (Lipinski definition) is 2. The van der Waals surface area contributed by atoms with Crippen LogP contribution in [0.3, 0.4) is 0 Å². The summed E-state index contributed by atoms with van der Waals surface area (Å²) in [4.78, 5) is 11.8. The number of nitrogens with one attached hydrogen (secondary N) is 2. The van der Waals surface area contributed by atoms with E-state index in [0.29, 0.717) is 6.42 Å². The largest absolute Gasteiger partial charge is 0.351 e. The van der Waals surface area contributed by atoms with Crippen molar-refractivity contribution < 1.29 is 4.79 Å². The summed E-state index contributed by atoms with van der Waals surface area (Å²) < 4.78 is 2.06. The summed E-state index contributed by atoms with van der Waals surface area (Å²) in [6, 6.07) is 8.18. The molecular weight excluding hydrogens is 226 g/mol. The van der Waals surface area contributed by atoms with Gasteiger partial charge in [-0.3, -0.25) is 4.79 Å². The van der Waals surface area contributed by atoms with Crippen molar-refractivity contribution in [3.63, 3.8) is 0 Å². The number of benzene rings is 1. The van der Waals surface area contributed by atoms with Crippen molar-refractivity contribution in [2.75, 3.05) is 12.4 Å². The van der Waals surface area contributed by atoms with Crippen LogP contribution in [0.4, 0.5) is 5.69 Å². The third-order valence-corrected chi connectivity index (χ3v) is 3.15. The topological polar surface area (TPSA) is 46.1 Å². The molecule has 0 radical (unpaired) electrons. The molecular formula is C14H19N3O. The van der Waals surface area contributed by atoms with Crippen LogP contribution in [0.1, 0.15) is 13.3 Å². The second-order valence-corrected chi connectivity index (χ2v) is 4.64. The van der Waals surface area contributed by atoms with Crippen LogP contribution in [-0.2, 0) is 11.8 Å². The summed E-state index contributed by atoms with van der Waals surface area (Å²) in [6.45, 7) is 1.99. The lowest BCUT2D eigenvalue weighted by atomic mass is 10.2. The third-order valence-electron chi connectivity index (χ3n) is 3.15. The minimum absolute atomic E-state index is 0.0344. The van der Waals surface area contributed by atoms with Crippen molar-refractivity contribution >= 4 is 22.5 Å². The highest BCUT2D eigenvalue weighted by Crippen LogP contribution is 2.19. The Balaban J connectivity index is 2.10. The Kier molecular flexibility index (Phi) is 3.67. The van der Waals surface area contributed by atoms with Gasteiger partial charge in [-0.15, -0.1) is 0 Å². The van der Waals surface area contributed by atoms with Gasteiger partial charge in [-0.2, -0.15) is 0 Å². The predicted molar refractivity (Wildman–Crippen MR) is 74.7 cm³/mol. The standard InChI is InChI=1S/C14H19N3O/c1-10(15-2)8-14(18)16-12-4-5-13-11(9-12)6-7-17(13)3/h4-7,9-10,15H,8H2,1-3H3,(H,16,18). The van der Waals surface area contributed by atoms with E-state index in [1.165, 1.54) is 0 Å². The first-order valence-corrected chi connectivity index (χ1v) is 6.12. The van der Waals surface area contributed by atoms with Gasteiger partial charge in [0, 0.05) is 42.3 Å². The lowest BCUT2D eigenvalue weighted by Gasteiger charge is -2.10. The molecule has 0 bridgehead atoms. The normalized spacial score (nSPS) is 12.6. The molecule has 1 amide bonds. The van der Waals surface area contributed by atoms with E-state index in [2.05, 4.69) is 15.2 Å². The molecule has 0 saturated heterocycles. The Morgan fingerprint density at radius 3 is 2.89 bits per heavy atom. The molecule has 0 fully saturated rings. The molecule has 1 heterocycles. The Morgan fingerprint density at radius 1 is 1.39 bits per heavy atom. The molecule has 0 aliphatic heterocycles. The number of aryl methyl sites for hydroxylation is 1. The Morgan fingerprint density at radius 2 is 2.17 bits per heavy atom. The number of carbonyl (C=O) groups excluding carboxylic acids is 1. The number of nitrogens with zero attached hydrogens (tertiary/aromatic N) is 1. The van der Waals surface area contributed by atoms with E-state index in [-0.39, 0.29) is 11.9 Å². The first-order valence-electron chi connectivity index (χ1n) is 6.12. The fourth-order valence-corrected chi connectivity index (χ4v) is 1.95. The van der Waals surface area contributed by atoms with Gasteiger partial charge in [0.15, 0.2) is 0 Å². The summed E-state index contributed by atoms with van der Waals surface area (Å²) in [5.41, 5.74) is 2.01. The van der Waals surface area contributed by atoms with Crippen LogP contribution < -0.4 is 10.6 Å². The van der Waals surface area contributed by atoms with Crippen LogP contribution in [-0.4, -0.2) is 23.6 Å². The van der Waals surface area contributed by atoms with Crippen molar-refractivity contribution in [2.45, 2.75) is 19.4 Å². The van der Waals surface area contributed by atoms with Gasteiger partial charge in [0.1, 0.15) is 0 Å². The summed E-state index contributed by atoms with van der Waals surface area (Å²) >= 11 is 0. The lowest BCUT2D eigenvalue weighted by molar-refractivity contribution is -0.116. The van der Waals surface area contributed by atoms with Crippen molar-refractivity contribution in [3.8, 4) is 0 Å². The van der Waals surface area contributed by atoms with Crippen molar-refractivity contribution in [1.82, 2.24) is 9.88 Å². The number of fused-ring (bicyclic) bond motifs is 1. The van der Waals surface area contributed by atoms with E-state index in [9.17, 15) is 4.79 Å². The van der Waals surface area contributed by atoms with Crippen LogP contribution in [0, 0.1) is 0 Å². The summed E-state index contributed by atoms with van der Waals surface area (Å²) in [7, 11) is 3.86. The molecule has 0 aliphatic rings. The van der Waals surface area contributed by atoms with E-state index in [4.69, 9.17) is 0 Å². The highest BCUT2D eigenvalue weighted by atomic mass is 16.1. The molecule has 18 heavy (non-hydrogen) atoms. The predicted octanol–water partition coefficient (Wildman–Crippen LogP) is 2.11. The second-order valence-electron chi connectivity index (χ2n) is 4.64. The average Bonchev–Trinajstić information content (AvgIpc) is 2.70. The van der Waals surface area contributed by atoms with Crippen molar-refractivity contribution in [2.24, 2.45) is 7.05 Å². The fourth-order valence-electron chi connectivity index (χ4n) is 1.95. The number of rotatable bonds is 4. The highest BCUT2D eigenvalue weighted by molar-refractivity contribution is 5.94. The molecule has 4 heteroatoms. The zero-order valence-electron chi connectivity index (χ0n) is 11.0. The maximum absolute atomic E-state index is 11.8. The molecule has 0 spiro atoms. The van der Waals surface area contributed by atoms with Crippen molar-refractivity contribution in [3.05, 3.63) is 30.5 Å². The third kappa shape index (κ3) is 2.71. The van der Waals surface area contributed by atoms with Crippen LogP contribution >= 0.6 is 0 Å². The molecule has 1 aromatic heterocycles. The van der Waals surface area contributed by atoms with E-state index >= 15 is 0 Å². The maximum atomic E-state index is 11.8. The summed E-state index contributed by atoms with van der Waals surface area (Å²) in [5.74, 6) is 0.0344. The van der Waals surface area contributed by atoms with E-state index < -0.39 is 0 Å². The Labute approximate surface area is 107 Å². The first-order chi connectivity index (χ1) is 8.60. The van der Waals surface area contributed by atoms with Crippen LogP contribution in [0.5, 0.6) is 0 Å². The van der Waals surface area contributed by atoms with Crippen LogP contribution in [0.2, 0.25) is 0 Å². The maximum Gasteiger partial charge on any atom is 0.225 e. The summed E-state index contributed by atoms with van der Waals surface area (Å²) in [5, 5.41) is 7.11. The minimum atomic E-state index is 0.0344. The molecule has 1 atom stereocenters. The van der Waals surface area contributed by atoms with E-state index in [1.54, 1.807) is 0 Å². The second kappa shape index (κ2) is 5.23. The van der Waals surface area contributed by atoms with Gasteiger partial charge >= 0.3 is 0 Å². The molecule has 2 aromatic rings. The monoisotopic (exact) mass is 245 g/mol. The highest BCUT2D eigenvalue weighted by Gasteiger charge is 2.08. The smallest absolute Gasteiger partial charge is 0.225 e. The van der Waals surface area contributed by atoms with E-state index in [0.717, 1.165) is 16.6 Å².